The molecule has 0 saturated carbocycles. The Bertz CT molecular complexity index is 768. The molecule has 0 spiro atoms. The van der Waals surface area contributed by atoms with Crippen molar-refractivity contribution < 1.29 is 23.8 Å². The lowest BCUT2D eigenvalue weighted by atomic mass is 10.0. The molecule has 6 heteroatoms. The van der Waals surface area contributed by atoms with Gasteiger partial charge in [-0.05, 0) is 35.7 Å². The average Bonchev–Trinajstić information content (AvgIpc) is 2.65. The van der Waals surface area contributed by atoms with Gasteiger partial charge in [-0.25, -0.2) is 4.79 Å². The molecule has 0 atom stereocenters. The van der Waals surface area contributed by atoms with Crippen LogP contribution >= 0.6 is 0 Å². The maximum Gasteiger partial charge on any atom is 0.342 e. The maximum atomic E-state index is 12.2. The average molecular weight is 357 g/mol. The number of para-hydroxylation sites is 1. The minimum Gasteiger partial charge on any atom is -0.493 e. The molecule has 0 aromatic heterocycles. The molecule has 0 aliphatic carbocycles. The Hall–Kier alpha value is -3.02. The van der Waals surface area contributed by atoms with Gasteiger partial charge in [0.2, 0.25) is 0 Å². The van der Waals surface area contributed by atoms with E-state index < -0.39 is 18.5 Å². The van der Waals surface area contributed by atoms with Crippen LogP contribution in [0.25, 0.3) is 0 Å². The van der Waals surface area contributed by atoms with E-state index in [0.717, 1.165) is 0 Å². The number of ether oxygens (including phenoxy) is 3. The highest BCUT2D eigenvalue weighted by Crippen LogP contribution is 2.31. The van der Waals surface area contributed by atoms with Gasteiger partial charge in [0, 0.05) is 5.69 Å². The highest BCUT2D eigenvalue weighted by molar-refractivity contribution is 5.97. The van der Waals surface area contributed by atoms with E-state index in [9.17, 15) is 9.59 Å². The van der Waals surface area contributed by atoms with E-state index in [0.29, 0.717) is 17.4 Å². The van der Waals surface area contributed by atoms with E-state index in [1.54, 1.807) is 18.2 Å². The molecule has 0 radical (unpaired) electrons. The molecule has 0 unspecified atom stereocenters. The lowest BCUT2D eigenvalue weighted by molar-refractivity contribution is -0.119. The van der Waals surface area contributed by atoms with E-state index in [1.807, 2.05) is 24.3 Å². The fourth-order valence-corrected chi connectivity index (χ4v) is 2.41. The fraction of sp³-hybridized carbons (Fsp3) is 0.300. The van der Waals surface area contributed by atoms with Crippen molar-refractivity contribution in [1.82, 2.24) is 0 Å². The molecule has 0 aliphatic rings. The predicted molar refractivity (Wildman–Crippen MR) is 99.0 cm³/mol. The van der Waals surface area contributed by atoms with Crippen molar-refractivity contribution in [2.75, 3.05) is 26.1 Å². The van der Waals surface area contributed by atoms with Gasteiger partial charge in [0.05, 0.1) is 14.2 Å². The van der Waals surface area contributed by atoms with Crippen molar-refractivity contribution in [3.05, 3.63) is 53.6 Å². The molecule has 26 heavy (non-hydrogen) atoms. The van der Waals surface area contributed by atoms with Crippen LogP contribution in [0.3, 0.4) is 0 Å². The first-order valence-electron chi connectivity index (χ1n) is 8.24. The summed E-state index contributed by atoms with van der Waals surface area (Å²) in [7, 11) is 2.91. The molecule has 2 aromatic carbocycles. The van der Waals surface area contributed by atoms with Gasteiger partial charge in [0.25, 0.3) is 5.91 Å². The third kappa shape index (κ3) is 4.75. The van der Waals surface area contributed by atoms with E-state index in [-0.39, 0.29) is 11.3 Å². The van der Waals surface area contributed by atoms with Crippen LogP contribution in [0, 0.1) is 0 Å². The Kier molecular flexibility index (Phi) is 6.60. The van der Waals surface area contributed by atoms with Crippen molar-refractivity contribution in [2.24, 2.45) is 0 Å². The van der Waals surface area contributed by atoms with Gasteiger partial charge in [-0.1, -0.05) is 32.0 Å². The molecule has 0 aliphatic heterocycles. The minimum absolute atomic E-state index is 0.195. The zero-order valence-corrected chi connectivity index (χ0v) is 15.4. The maximum absolute atomic E-state index is 12.2. The Morgan fingerprint density at radius 2 is 1.69 bits per heavy atom. The van der Waals surface area contributed by atoms with E-state index in [1.165, 1.54) is 19.8 Å². The van der Waals surface area contributed by atoms with Crippen molar-refractivity contribution in [3.8, 4) is 11.5 Å². The van der Waals surface area contributed by atoms with Gasteiger partial charge in [-0.3, -0.25) is 4.79 Å². The summed E-state index contributed by atoms with van der Waals surface area (Å²) in [5.41, 5.74) is 2.02. The first kappa shape index (κ1) is 19.3. The van der Waals surface area contributed by atoms with E-state index in [2.05, 4.69) is 19.2 Å². The van der Waals surface area contributed by atoms with Crippen LogP contribution in [0.4, 0.5) is 5.69 Å². The number of carbonyl (C=O) groups excluding carboxylic acids is 2. The Morgan fingerprint density at radius 3 is 2.27 bits per heavy atom. The summed E-state index contributed by atoms with van der Waals surface area (Å²) >= 11 is 0. The van der Waals surface area contributed by atoms with E-state index >= 15 is 0 Å². The summed E-state index contributed by atoms with van der Waals surface area (Å²) in [6.45, 7) is 3.80. The molecule has 2 rings (SSSR count). The number of rotatable bonds is 7. The van der Waals surface area contributed by atoms with Gasteiger partial charge < -0.3 is 19.5 Å². The Labute approximate surface area is 153 Å². The molecule has 0 fully saturated rings. The van der Waals surface area contributed by atoms with Gasteiger partial charge in [0.1, 0.15) is 5.56 Å². The molecule has 6 nitrogen and oxygen atoms in total. The molecular formula is C20H23NO5. The second kappa shape index (κ2) is 8.89. The SMILES string of the molecule is COc1cccc(C(=O)OCC(=O)Nc2ccc(C(C)C)cc2)c1OC. The summed E-state index contributed by atoms with van der Waals surface area (Å²) < 4.78 is 15.4. The molecule has 1 amide bonds. The first-order valence-corrected chi connectivity index (χ1v) is 8.24. The van der Waals surface area contributed by atoms with Crippen LogP contribution < -0.4 is 14.8 Å². The molecule has 0 bridgehead atoms. The van der Waals surface area contributed by atoms with Crippen molar-refractivity contribution >= 4 is 17.6 Å². The highest BCUT2D eigenvalue weighted by Gasteiger charge is 2.18. The monoisotopic (exact) mass is 357 g/mol. The predicted octanol–water partition coefficient (Wildman–Crippen LogP) is 3.62. The van der Waals surface area contributed by atoms with Crippen LogP contribution in [0.1, 0.15) is 35.7 Å². The number of methoxy groups -OCH3 is 2. The number of anilines is 1. The van der Waals surface area contributed by atoms with Crippen LogP contribution in [0.15, 0.2) is 42.5 Å². The minimum atomic E-state index is -0.661. The largest absolute Gasteiger partial charge is 0.493 e. The second-order valence-corrected chi connectivity index (χ2v) is 5.94. The number of hydrogen-bond acceptors (Lipinski definition) is 5. The number of esters is 1. The summed E-state index contributed by atoms with van der Waals surface area (Å²) in [4.78, 5) is 24.2. The van der Waals surface area contributed by atoms with Crippen molar-refractivity contribution in [1.29, 1.82) is 0 Å². The van der Waals surface area contributed by atoms with Gasteiger partial charge in [-0.15, -0.1) is 0 Å². The van der Waals surface area contributed by atoms with Gasteiger partial charge in [0.15, 0.2) is 18.1 Å². The number of carbonyl (C=O) groups is 2. The summed E-state index contributed by atoms with van der Waals surface area (Å²) in [5, 5.41) is 2.69. The fourth-order valence-electron chi connectivity index (χ4n) is 2.41. The number of hydrogen-bond donors (Lipinski definition) is 1. The quantitative estimate of drug-likeness (QED) is 0.766. The standard InChI is InChI=1S/C20H23NO5/c1-13(2)14-8-10-15(11-9-14)21-18(22)12-26-20(23)16-6-5-7-17(24-3)19(16)25-4/h5-11,13H,12H2,1-4H3,(H,21,22). The number of nitrogens with one attached hydrogen (secondary N) is 1. The van der Waals surface area contributed by atoms with Crippen molar-refractivity contribution in [3.63, 3.8) is 0 Å². The smallest absolute Gasteiger partial charge is 0.342 e. The molecule has 2 aromatic rings. The summed E-state index contributed by atoms with van der Waals surface area (Å²) in [6.07, 6.45) is 0. The normalized spacial score (nSPS) is 10.3. The van der Waals surface area contributed by atoms with Crippen LogP contribution in [0.5, 0.6) is 11.5 Å². The topological polar surface area (TPSA) is 73.9 Å². The number of benzene rings is 2. The zero-order valence-electron chi connectivity index (χ0n) is 15.4. The first-order chi connectivity index (χ1) is 12.5. The molecule has 0 heterocycles. The number of amides is 1. The second-order valence-electron chi connectivity index (χ2n) is 5.94. The van der Waals surface area contributed by atoms with Crippen LogP contribution in [-0.4, -0.2) is 32.7 Å². The third-order valence-electron chi connectivity index (χ3n) is 3.82. The van der Waals surface area contributed by atoms with E-state index in [4.69, 9.17) is 14.2 Å². The summed E-state index contributed by atoms with van der Waals surface area (Å²) in [5.74, 6) is 0.0171. The molecule has 0 saturated heterocycles. The molecule has 1 N–H and O–H groups in total. The Morgan fingerprint density at radius 1 is 1.00 bits per heavy atom. The zero-order chi connectivity index (χ0) is 19.1. The van der Waals surface area contributed by atoms with Gasteiger partial charge in [-0.2, -0.15) is 0 Å². The molecule has 138 valence electrons. The highest BCUT2D eigenvalue weighted by atomic mass is 16.5. The third-order valence-corrected chi connectivity index (χ3v) is 3.82. The Balaban J connectivity index is 1.96. The van der Waals surface area contributed by atoms with Crippen LogP contribution in [0.2, 0.25) is 0 Å². The van der Waals surface area contributed by atoms with Crippen molar-refractivity contribution in [2.45, 2.75) is 19.8 Å². The van der Waals surface area contributed by atoms with Crippen LogP contribution in [-0.2, 0) is 9.53 Å². The lowest BCUT2D eigenvalue weighted by Crippen LogP contribution is -2.21. The molecular weight excluding hydrogens is 334 g/mol. The lowest BCUT2D eigenvalue weighted by Gasteiger charge is -2.12. The van der Waals surface area contributed by atoms with Gasteiger partial charge >= 0.3 is 5.97 Å². The summed E-state index contributed by atoms with van der Waals surface area (Å²) in [6, 6.07) is 12.4.